The lowest BCUT2D eigenvalue weighted by Gasteiger charge is -2.28. The average Bonchev–Trinajstić information content (AvgIpc) is 2.29. The minimum absolute atomic E-state index is 0.0230. The Hall–Kier alpha value is -1.13. The molecule has 0 aromatic carbocycles. The number of fused-ring (bicyclic) bond motifs is 1. The molecule has 88 valence electrons. The van der Waals surface area contributed by atoms with Crippen LogP contribution in [0.1, 0.15) is 30.2 Å². The molecule has 0 bridgehead atoms. The first-order chi connectivity index (χ1) is 7.74. The number of aromatic amines is 1. The van der Waals surface area contributed by atoms with E-state index in [1.807, 2.05) is 6.07 Å². The van der Waals surface area contributed by atoms with Crippen molar-refractivity contribution >= 4 is 0 Å². The number of hydrogen-bond donors (Lipinski definition) is 2. The molecule has 0 radical (unpaired) electrons. The number of nitrogens with one attached hydrogen (secondary N) is 1. The Morgan fingerprint density at radius 1 is 1.56 bits per heavy atom. The van der Waals surface area contributed by atoms with Gasteiger partial charge in [0, 0.05) is 37.3 Å². The molecule has 0 unspecified atom stereocenters. The average molecular weight is 221 g/mol. The molecule has 2 heterocycles. The number of hydrogen-bond acceptors (Lipinski definition) is 3. The maximum Gasteiger partial charge on any atom is 0.252 e. The van der Waals surface area contributed by atoms with Gasteiger partial charge in [0.25, 0.3) is 5.56 Å². The topological polar surface area (TPSA) is 62.1 Å². The van der Waals surface area contributed by atoms with Crippen molar-refractivity contribution in [1.29, 1.82) is 0 Å². The summed E-state index contributed by atoms with van der Waals surface area (Å²) in [6.45, 7) is 5.60. The third kappa shape index (κ3) is 2.18. The summed E-state index contributed by atoms with van der Waals surface area (Å²) in [6.07, 6.45) is 2.11. The smallest absolute Gasteiger partial charge is 0.252 e. The van der Waals surface area contributed by atoms with Crippen LogP contribution in [0.4, 0.5) is 0 Å². The summed E-state index contributed by atoms with van der Waals surface area (Å²) in [5.41, 5.74) is 8.54. The summed E-state index contributed by atoms with van der Waals surface area (Å²) in [5, 5.41) is 0. The highest BCUT2D eigenvalue weighted by Gasteiger charge is 2.17. The molecule has 0 fully saturated rings. The molecule has 1 aliphatic rings. The first-order valence-corrected chi connectivity index (χ1v) is 5.91. The third-order valence-corrected chi connectivity index (χ3v) is 3.12. The SMILES string of the molecule is CCCN1CCc2[nH]c(=O)c(CN)cc2C1. The minimum Gasteiger partial charge on any atom is -0.326 e. The zero-order valence-corrected chi connectivity index (χ0v) is 9.75. The second-order valence-corrected chi connectivity index (χ2v) is 4.36. The maximum absolute atomic E-state index is 11.6. The van der Waals surface area contributed by atoms with Crippen LogP contribution in [-0.4, -0.2) is 23.0 Å². The van der Waals surface area contributed by atoms with Gasteiger partial charge in [-0.1, -0.05) is 6.92 Å². The Kier molecular flexibility index (Phi) is 3.41. The van der Waals surface area contributed by atoms with E-state index < -0.39 is 0 Å². The van der Waals surface area contributed by atoms with Gasteiger partial charge < -0.3 is 10.7 Å². The summed E-state index contributed by atoms with van der Waals surface area (Å²) in [6, 6.07) is 1.97. The minimum atomic E-state index is -0.0230. The second-order valence-electron chi connectivity index (χ2n) is 4.36. The first-order valence-electron chi connectivity index (χ1n) is 5.91. The zero-order valence-electron chi connectivity index (χ0n) is 9.75. The lowest BCUT2D eigenvalue weighted by Crippen LogP contribution is -2.33. The molecule has 0 aliphatic carbocycles. The van der Waals surface area contributed by atoms with E-state index in [1.165, 1.54) is 12.0 Å². The van der Waals surface area contributed by atoms with Gasteiger partial charge in [-0.2, -0.15) is 0 Å². The van der Waals surface area contributed by atoms with Gasteiger partial charge in [0.1, 0.15) is 0 Å². The fraction of sp³-hybridized carbons (Fsp3) is 0.583. The summed E-state index contributed by atoms with van der Waals surface area (Å²) in [4.78, 5) is 16.9. The van der Waals surface area contributed by atoms with E-state index >= 15 is 0 Å². The molecule has 4 heteroatoms. The molecule has 0 atom stereocenters. The van der Waals surface area contributed by atoms with Gasteiger partial charge in [-0.25, -0.2) is 0 Å². The number of nitrogens with two attached hydrogens (primary N) is 1. The van der Waals surface area contributed by atoms with Crippen molar-refractivity contribution in [3.8, 4) is 0 Å². The van der Waals surface area contributed by atoms with Crippen LogP contribution in [0, 0.1) is 0 Å². The highest BCUT2D eigenvalue weighted by Crippen LogP contribution is 2.16. The fourth-order valence-electron chi connectivity index (χ4n) is 2.27. The van der Waals surface area contributed by atoms with Gasteiger partial charge in [0.2, 0.25) is 0 Å². The van der Waals surface area contributed by atoms with E-state index in [9.17, 15) is 4.79 Å². The van der Waals surface area contributed by atoms with Gasteiger partial charge in [-0.05, 0) is 24.6 Å². The van der Waals surface area contributed by atoms with E-state index in [4.69, 9.17) is 5.73 Å². The first kappa shape index (κ1) is 11.4. The van der Waals surface area contributed by atoms with Crippen molar-refractivity contribution in [1.82, 2.24) is 9.88 Å². The lowest BCUT2D eigenvalue weighted by atomic mass is 10.0. The van der Waals surface area contributed by atoms with Gasteiger partial charge in [0.05, 0.1) is 0 Å². The summed E-state index contributed by atoms with van der Waals surface area (Å²) in [5.74, 6) is 0. The van der Waals surface area contributed by atoms with Crippen LogP contribution >= 0.6 is 0 Å². The molecule has 1 aliphatic heterocycles. The highest BCUT2D eigenvalue weighted by atomic mass is 16.1. The van der Waals surface area contributed by atoms with Crippen LogP contribution in [0.2, 0.25) is 0 Å². The van der Waals surface area contributed by atoms with E-state index in [2.05, 4.69) is 16.8 Å². The second kappa shape index (κ2) is 4.80. The predicted molar refractivity (Wildman–Crippen MR) is 64.2 cm³/mol. The van der Waals surface area contributed by atoms with E-state index in [0.717, 1.165) is 31.7 Å². The van der Waals surface area contributed by atoms with Crippen LogP contribution < -0.4 is 11.3 Å². The van der Waals surface area contributed by atoms with Gasteiger partial charge >= 0.3 is 0 Å². The number of nitrogens with zero attached hydrogens (tertiary/aromatic N) is 1. The normalized spacial score (nSPS) is 16.1. The van der Waals surface area contributed by atoms with Crippen LogP contribution in [0.3, 0.4) is 0 Å². The summed E-state index contributed by atoms with van der Waals surface area (Å²) >= 11 is 0. The lowest BCUT2D eigenvalue weighted by molar-refractivity contribution is 0.252. The van der Waals surface area contributed by atoms with Crippen LogP contribution in [0.15, 0.2) is 10.9 Å². The van der Waals surface area contributed by atoms with Gasteiger partial charge in [0.15, 0.2) is 0 Å². The monoisotopic (exact) mass is 221 g/mol. The largest absolute Gasteiger partial charge is 0.326 e. The van der Waals surface area contributed by atoms with Gasteiger partial charge in [-0.3, -0.25) is 9.69 Å². The molecular formula is C12H19N3O. The summed E-state index contributed by atoms with van der Waals surface area (Å²) in [7, 11) is 0. The van der Waals surface area contributed by atoms with E-state index in [0.29, 0.717) is 12.1 Å². The number of rotatable bonds is 3. The zero-order chi connectivity index (χ0) is 11.5. The Bertz CT molecular complexity index is 425. The maximum atomic E-state index is 11.6. The number of H-pyrrole nitrogens is 1. The van der Waals surface area contributed by atoms with Gasteiger partial charge in [-0.15, -0.1) is 0 Å². The van der Waals surface area contributed by atoms with Crippen molar-refractivity contribution in [3.63, 3.8) is 0 Å². The van der Waals surface area contributed by atoms with Crippen molar-refractivity contribution in [3.05, 3.63) is 33.2 Å². The van der Waals surface area contributed by atoms with Crippen molar-refractivity contribution in [2.45, 2.75) is 32.9 Å². The van der Waals surface area contributed by atoms with Crippen molar-refractivity contribution < 1.29 is 0 Å². The Labute approximate surface area is 95.5 Å². The number of aromatic nitrogens is 1. The Morgan fingerprint density at radius 3 is 3.06 bits per heavy atom. The molecule has 0 saturated carbocycles. The molecule has 16 heavy (non-hydrogen) atoms. The standard InChI is InChI=1S/C12H19N3O/c1-2-4-15-5-3-11-10(8-15)6-9(7-13)12(16)14-11/h6H,2-5,7-8,13H2,1H3,(H,14,16). The van der Waals surface area contributed by atoms with E-state index in [-0.39, 0.29) is 5.56 Å². The van der Waals surface area contributed by atoms with Crippen LogP contribution in [0.5, 0.6) is 0 Å². The van der Waals surface area contributed by atoms with Crippen LogP contribution in [0.25, 0.3) is 0 Å². The molecule has 0 amide bonds. The quantitative estimate of drug-likeness (QED) is 0.785. The van der Waals surface area contributed by atoms with Crippen molar-refractivity contribution in [2.24, 2.45) is 5.73 Å². The van der Waals surface area contributed by atoms with E-state index in [1.54, 1.807) is 0 Å². The summed E-state index contributed by atoms with van der Waals surface area (Å²) < 4.78 is 0. The molecule has 2 rings (SSSR count). The number of pyridine rings is 1. The molecule has 4 nitrogen and oxygen atoms in total. The Balaban J connectivity index is 2.27. The molecule has 0 saturated heterocycles. The third-order valence-electron chi connectivity index (χ3n) is 3.12. The highest BCUT2D eigenvalue weighted by molar-refractivity contribution is 5.27. The molecule has 1 aromatic rings. The van der Waals surface area contributed by atoms with Crippen molar-refractivity contribution in [2.75, 3.05) is 13.1 Å². The fourth-order valence-corrected chi connectivity index (χ4v) is 2.27. The molecule has 3 N–H and O–H groups in total. The molecule has 0 spiro atoms. The van der Waals surface area contributed by atoms with Crippen LogP contribution in [-0.2, 0) is 19.5 Å². The molecular weight excluding hydrogens is 202 g/mol. The Morgan fingerprint density at radius 2 is 2.38 bits per heavy atom. The molecule has 1 aromatic heterocycles. The predicted octanol–water partition coefficient (Wildman–Crippen LogP) is 0.602.